The van der Waals surface area contributed by atoms with Crippen molar-refractivity contribution in [1.82, 2.24) is 5.32 Å². The molecule has 5 nitrogen and oxygen atoms in total. The number of amides is 1. The van der Waals surface area contributed by atoms with Crippen molar-refractivity contribution in [1.29, 1.82) is 0 Å². The van der Waals surface area contributed by atoms with Crippen LogP contribution in [0.25, 0.3) is 0 Å². The lowest BCUT2D eigenvalue weighted by Gasteiger charge is -2.15. The van der Waals surface area contributed by atoms with E-state index in [0.29, 0.717) is 17.9 Å². The van der Waals surface area contributed by atoms with Gasteiger partial charge in [-0.25, -0.2) is 0 Å². The summed E-state index contributed by atoms with van der Waals surface area (Å²) in [6.07, 6.45) is 0.677. The number of hydrogen-bond donors (Lipinski definition) is 2. The molecule has 0 saturated heterocycles. The summed E-state index contributed by atoms with van der Waals surface area (Å²) in [6.45, 7) is 3.67. The van der Waals surface area contributed by atoms with Crippen LogP contribution in [-0.4, -0.2) is 37.4 Å². The monoisotopic (exact) mass is 267 g/mol. The van der Waals surface area contributed by atoms with Crippen molar-refractivity contribution in [3.63, 3.8) is 0 Å². The Morgan fingerprint density at radius 1 is 1.42 bits per heavy atom. The Morgan fingerprint density at radius 2 is 2.16 bits per heavy atom. The predicted molar refractivity (Wildman–Crippen MR) is 72.5 cm³/mol. The van der Waals surface area contributed by atoms with Crippen molar-refractivity contribution in [3.05, 3.63) is 23.8 Å². The summed E-state index contributed by atoms with van der Waals surface area (Å²) in [5.41, 5.74) is 1.06. The van der Waals surface area contributed by atoms with Crippen molar-refractivity contribution < 1.29 is 19.4 Å². The summed E-state index contributed by atoms with van der Waals surface area (Å²) in [4.78, 5) is 11.6. The van der Waals surface area contributed by atoms with Crippen LogP contribution < -0.4 is 14.8 Å². The number of hydrogen-bond acceptors (Lipinski definition) is 4. The highest BCUT2D eigenvalue weighted by atomic mass is 16.5. The van der Waals surface area contributed by atoms with Crippen LogP contribution in [0, 0.1) is 6.92 Å². The first-order chi connectivity index (χ1) is 9.10. The molecule has 1 aromatic rings. The third-order valence-corrected chi connectivity index (χ3v) is 2.76. The smallest absolute Gasteiger partial charge is 0.258 e. The first-order valence-corrected chi connectivity index (χ1v) is 6.28. The molecule has 0 heterocycles. The molecule has 0 saturated carbocycles. The molecule has 0 aliphatic carbocycles. The lowest BCUT2D eigenvalue weighted by atomic mass is 10.2. The molecule has 5 heteroatoms. The Balaban J connectivity index is 2.54. The molecule has 19 heavy (non-hydrogen) atoms. The summed E-state index contributed by atoms with van der Waals surface area (Å²) in [5.74, 6) is 0.867. The molecule has 1 rings (SSSR count). The number of aliphatic hydroxyl groups is 1. The molecular weight excluding hydrogens is 246 g/mol. The van der Waals surface area contributed by atoms with Crippen LogP contribution in [0.3, 0.4) is 0 Å². The third-order valence-electron chi connectivity index (χ3n) is 2.76. The molecule has 0 aromatic heterocycles. The second kappa shape index (κ2) is 7.63. The fraction of sp³-hybridized carbons (Fsp3) is 0.500. The maximum Gasteiger partial charge on any atom is 0.258 e. The zero-order valence-electron chi connectivity index (χ0n) is 11.6. The van der Waals surface area contributed by atoms with Crippen molar-refractivity contribution in [2.75, 3.05) is 20.3 Å². The highest BCUT2D eigenvalue weighted by Gasteiger charge is 2.11. The Bertz CT molecular complexity index is 416. The minimum Gasteiger partial charge on any atom is -0.493 e. The summed E-state index contributed by atoms with van der Waals surface area (Å²) in [5, 5.41) is 11.7. The quantitative estimate of drug-likeness (QED) is 0.780. The molecule has 1 aromatic carbocycles. The van der Waals surface area contributed by atoms with E-state index in [-0.39, 0.29) is 25.2 Å². The summed E-state index contributed by atoms with van der Waals surface area (Å²) in [6, 6.07) is 5.27. The first kappa shape index (κ1) is 15.3. The summed E-state index contributed by atoms with van der Waals surface area (Å²) >= 11 is 0. The highest BCUT2D eigenvalue weighted by Crippen LogP contribution is 2.27. The number of rotatable bonds is 7. The van der Waals surface area contributed by atoms with E-state index in [2.05, 4.69) is 5.32 Å². The van der Waals surface area contributed by atoms with Gasteiger partial charge in [0.15, 0.2) is 18.1 Å². The zero-order valence-corrected chi connectivity index (χ0v) is 11.6. The van der Waals surface area contributed by atoms with Gasteiger partial charge in [-0.05, 0) is 31.0 Å². The largest absolute Gasteiger partial charge is 0.493 e. The Hall–Kier alpha value is -1.75. The average Bonchev–Trinajstić information content (AvgIpc) is 2.43. The third kappa shape index (κ3) is 4.79. The van der Waals surface area contributed by atoms with Crippen molar-refractivity contribution >= 4 is 5.91 Å². The maximum atomic E-state index is 11.6. The average molecular weight is 267 g/mol. The fourth-order valence-corrected chi connectivity index (χ4v) is 1.58. The predicted octanol–water partition coefficient (Wildman–Crippen LogP) is 1.27. The first-order valence-electron chi connectivity index (χ1n) is 6.28. The second-order valence-electron chi connectivity index (χ2n) is 4.30. The van der Waals surface area contributed by atoms with Gasteiger partial charge in [-0.2, -0.15) is 0 Å². The number of carbonyl (C=O) groups excluding carboxylic acids is 1. The number of aliphatic hydroxyl groups excluding tert-OH is 1. The van der Waals surface area contributed by atoms with E-state index in [1.54, 1.807) is 13.2 Å². The van der Waals surface area contributed by atoms with Gasteiger partial charge >= 0.3 is 0 Å². The molecule has 0 radical (unpaired) electrons. The van der Waals surface area contributed by atoms with Crippen molar-refractivity contribution in [3.8, 4) is 11.5 Å². The number of nitrogens with one attached hydrogen (secondary N) is 1. The molecule has 0 bridgehead atoms. The number of aryl methyl sites for hydroxylation is 1. The van der Waals surface area contributed by atoms with E-state index in [9.17, 15) is 4.79 Å². The van der Waals surface area contributed by atoms with E-state index in [1.807, 2.05) is 26.0 Å². The molecule has 106 valence electrons. The summed E-state index contributed by atoms with van der Waals surface area (Å²) < 4.78 is 10.6. The van der Waals surface area contributed by atoms with Crippen LogP contribution in [0.5, 0.6) is 11.5 Å². The molecule has 0 spiro atoms. The van der Waals surface area contributed by atoms with Crippen LogP contribution in [0.2, 0.25) is 0 Å². The topological polar surface area (TPSA) is 67.8 Å². The van der Waals surface area contributed by atoms with E-state index >= 15 is 0 Å². The maximum absolute atomic E-state index is 11.6. The van der Waals surface area contributed by atoms with Gasteiger partial charge in [0.1, 0.15) is 0 Å². The van der Waals surface area contributed by atoms with Gasteiger partial charge in [0.05, 0.1) is 19.8 Å². The molecule has 0 aliphatic heterocycles. The molecule has 0 fully saturated rings. The molecule has 2 N–H and O–H groups in total. The van der Waals surface area contributed by atoms with Gasteiger partial charge in [0.2, 0.25) is 0 Å². The summed E-state index contributed by atoms with van der Waals surface area (Å²) in [7, 11) is 1.56. The van der Waals surface area contributed by atoms with Crippen LogP contribution in [0.1, 0.15) is 18.9 Å². The Morgan fingerprint density at radius 3 is 2.74 bits per heavy atom. The molecule has 1 amide bonds. The molecular formula is C14H21NO4. The number of ether oxygens (including phenoxy) is 2. The van der Waals surface area contributed by atoms with Gasteiger partial charge in [-0.15, -0.1) is 0 Å². The van der Waals surface area contributed by atoms with Gasteiger partial charge in [0, 0.05) is 0 Å². The normalized spacial score (nSPS) is 11.8. The van der Waals surface area contributed by atoms with E-state index in [0.717, 1.165) is 5.56 Å². The van der Waals surface area contributed by atoms with Crippen LogP contribution in [0.15, 0.2) is 18.2 Å². The SMILES string of the molecule is CC[C@@H](CO)NC(=O)COc1ccc(C)cc1OC. The van der Waals surface area contributed by atoms with Crippen molar-refractivity contribution in [2.45, 2.75) is 26.3 Å². The lowest BCUT2D eigenvalue weighted by molar-refractivity contribution is -0.124. The fourth-order valence-electron chi connectivity index (χ4n) is 1.58. The van der Waals surface area contributed by atoms with E-state index in [4.69, 9.17) is 14.6 Å². The van der Waals surface area contributed by atoms with Gasteiger partial charge < -0.3 is 19.9 Å². The standard InChI is InChI=1S/C14H21NO4/c1-4-11(8-16)15-14(17)9-19-12-6-5-10(2)7-13(12)18-3/h5-7,11,16H,4,8-9H2,1-3H3,(H,15,17)/t11-/m0/s1. The molecule has 0 aliphatic rings. The van der Waals surface area contributed by atoms with Gasteiger partial charge in [-0.1, -0.05) is 13.0 Å². The molecule has 0 unspecified atom stereocenters. The van der Waals surface area contributed by atoms with E-state index < -0.39 is 0 Å². The van der Waals surface area contributed by atoms with Gasteiger partial charge in [0.25, 0.3) is 5.91 Å². The minimum absolute atomic E-state index is 0.0733. The van der Waals surface area contributed by atoms with E-state index in [1.165, 1.54) is 0 Å². The number of methoxy groups -OCH3 is 1. The van der Waals surface area contributed by atoms with Crippen LogP contribution >= 0.6 is 0 Å². The Kier molecular flexibility index (Phi) is 6.15. The highest BCUT2D eigenvalue weighted by molar-refractivity contribution is 5.77. The number of benzene rings is 1. The second-order valence-corrected chi connectivity index (χ2v) is 4.30. The lowest BCUT2D eigenvalue weighted by Crippen LogP contribution is -2.39. The van der Waals surface area contributed by atoms with Gasteiger partial charge in [-0.3, -0.25) is 4.79 Å². The minimum atomic E-state index is -0.261. The number of carbonyl (C=O) groups is 1. The zero-order chi connectivity index (χ0) is 14.3. The van der Waals surface area contributed by atoms with Crippen LogP contribution in [0.4, 0.5) is 0 Å². The van der Waals surface area contributed by atoms with Crippen molar-refractivity contribution in [2.24, 2.45) is 0 Å². The van der Waals surface area contributed by atoms with Crippen LogP contribution in [-0.2, 0) is 4.79 Å². The molecule has 1 atom stereocenters. The Labute approximate surface area is 113 Å².